The molecule has 0 aromatic heterocycles. The molecular weight excluding hydrogens is 326 g/mol. The third-order valence-electron chi connectivity index (χ3n) is 4.99. The van der Waals surface area contributed by atoms with E-state index in [4.69, 9.17) is 16.4 Å². The van der Waals surface area contributed by atoms with Crippen LogP contribution in [0.2, 0.25) is 5.02 Å². The number of likely N-dealkylation sites (N-methyl/N-ethyl adjacent to an activating group) is 1. The lowest BCUT2D eigenvalue weighted by Gasteiger charge is -2.42. The number of hydroxylamine groups is 2. The molecule has 0 unspecified atom stereocenters. The first kappa shape index (κ1) is 18.7. The van der Waals surface area contributed by atoms with Gasteiger partial charge in [0.05, 0.1) is 19.6 Å². The average Bonchev–Trinajstić information content (AvgIpc) is 2.59. The van der Waals surface area contributed by atoms with Crippen LogP contribution in [0.5, 0.6) is 0 Å². The van der Waals surface area contributed by atoms with Crippen molar-refractivity contribution in [3.05, 3.63) is 33.8 Å². The van der Waals surface area contributed by atoms with Crippen LogP contribution in [0.3, 0.4) is 0 Å². The summed E-state index contributed by atoms with van der Waals surface area (Å²) < 4.78 is 0. The van der Waals surface area contributed by atoms with Gasteiger partial charge >= 0.3 is 0 Å². The largest absolute Gasteiger partial charge is 0.327 e. The fraction of sp³-hybridized carbons (Fsp3) is 0.556. The lowest BCUT2D eigenvalue weighted by molar-refractivity contribution is -0.161. The smallest absolute Gasteiger partial charge is 0.228 e. The minimum absolute atomic E-state index is 0.0489. The number of piperidine rings is 1. The lowest BCUT2D eigenvalue weighted by Crippen LogP contribution is -2.55. The van der Waals surface area contributed by atoms with Gasteiger partial charge in [0.25, 0.3) is 0 Å². The molecular formula is C18H24ClN3O2. The molecule has 1 aromatic rings. The lowest BCUT2D eigenvalue weighted by atomic mass is 9.87. The molecule has 130 valence electrons. The molecule has 0 saturated carbocycles. The highest BCUT2D eigenvalue weighted by Crippen LogP contribution is 2.29. The van der Waals surface area contributed by atoms with Crippen molar-refractivity contribution in [2.45, 2.75) is 38.6 Å². The molecule has 24 heavy (non-hydrogen) atoms. The Morgan fingerprint density at radius 3 is 2.54 bits per heavy atom. The van der Waals surface area contributed by atoms with Gasteiger partial charge < -0.3 is 9.74 Å². The predicted octanol–water partition coefficient (Wildman–Crippen LogP) is 2.88. The molecule has 1 aliphatic heterocycles. The number of rotatable bonds is 4. The maximum Gasteiger partial charge on any atom is 0.228 e. The van der Waals surface area contributed by atoms with Gasteiger partial charge in [0.15, 0.2) is 0 Å². The number of carbonyl (C=O) groups is 1. The van der Waals surface area contributed by atoms with Crippen molar-refractivity contribution in [2.75, 3.05) is 27.2 Å². The number of amides is 1. The zero-order valence-electron chi connectivity index (χ0n) is 14.7. The van der Waals surface area contributed by atoms with Gasteiger partial charge in [0.1, 0.15) is 5.54 Å². The Kier molecular flexibility index (Phi) is 5.87. The van der Waals surface area contributed by atoms with Crippen LogP contribution in [0.25, 0.3) is 0 Å². The van der Waals surface area contributed by atoms with Gasteiger partial charge in [0, 0.05) is 25.2 Å². The van der Waals surface area contributed by atoms with Gasteiger partial charge in [-0.25, -0.2) is 0 Å². The first-order chi connectivity index (χ1) is 11.3. The minimum atomic E-state index is -0.762. The van der Waals surface area contributed by atoms with Crippen molar-refractivity contribution in [1.82, 2.24) is 9.96 Å². The minimum Gasteiger partial charge on any atom is -0.327 e. The normalized spacial score (nSPS) is 17.3. The highest BCUT2D eigenvalue weighted by molar-refractivity contribution is 6.31. The summed E-state index contributed by atoms with van der Waals surface area (Å²) in [5, 5.41) is 12.2. The topological polar surface area (TPSA) is 56.6 Å². The van der Waals surface area contributed by atoms with Gasteiger partial charge in [-0.2, -0.15) is 10.3 Å². The van der Waals surface area contributed by atoms with Crippen molar-refractivity contribution < 1.29 is 9.63 Å². The van der Waals surface area contributed by atoms with Crippen molar-refractivity contribution in [3.8, 4) is 6.07 Å². The highest BCUT2D eigenvalue weighted by Gasteiger charge is 2.40. The van der Waals surface area contributed by atoms with E-state index in [0.29, 0.717) is 31.0 Å². The number of benzene rings is 1. The average molecular weight is 350 g/mol. The van der Waals surface area contributed by atoms with Crippen LogP contribution in [-0.4, -0.2) is 48.7 Å². The maximum atomic E-state index is 12.8. The fourth-order valence-corrected chi connectivity index (χ4v) is 3.33. The van der Waals surface area contributed by atoms with Crippen LogP contribution in [0.15, 0.2) is 12.1 Å². The SMILES string of the molecule is CON1CCC(C#N)(N(C)C(=O)Cc2cc(C)c(Cl)cc2C)CC1. The molecule has 2 rings (SSSR count). The zero-order chi connectivity index (χ0) is 17.9. The Hall–Kier alpha value is -1.61. The molecule has 1 fully saturated rings. The van der Waals surface area contributed by atoms with Crippen LogP contribution < -0.4 is 0 Å². The Morgan fingerprint density at radius 2 is 2.00 bits per heavy atom. The molecule has 1 saturated heterocycles. The quantitative estimate of drug-likeness (QED) is 0.838. The summed E-state index contributed by atoms with van der Waals surface area (Å²) >= 11 is 6.12. The van der Waals surface area contributed by atoms with Crippen LogP contribution >= 0.6 is 11.6 Å². The van der Waals surface area contributed by atoms with Crippen molar-refractivity contribution in [1.29, 1.82) is 5.26 Å². The first-order valence-electron chi connectivity index (χ1n) is 8.05. The molecule has 0 atom stereocenters. The van der Waals surface area contributed by atoms with E-state index in [2.05, 4.69) is 6.07 Å². The number of nitrogens with zero attached hydrogens (tertiary/aromatic N) is 3. The number of hydrogen-bond acceptors (Lipinski definition) is 4. The Morgan fingerprint density at radius 1 is 1.38 bits per heavy atom. The number of halogens is 1. The van der Waals surface area contributed by atoms with E-state index in [1.165, 1.54) is 0 Å². The zero-order valence-corrected chi connectivity index (χ0v) is 15.5. The summed E-state index contributed by atoms with van der Waals surface area (Å²) in [5.74, 6) is -0.0489. The summed E-state index contributed by atoms with van der Waals surface area (Å²) in [6.45, 7) is 5.16. The summed E-state index contributed by atoms with van der Waals surface area (Å²) in [4.78, 5) is 19.6. The molecule has 0 N–H and O–H groups in total. The second kappa shape index (κ2) is 7.52. The summed E-state index contributed by atoms with van der Waals surface area (Å²) in [7, 11) is 3.35. The van der Waals surface area contributed by atoms with E-state index in [9.17, 15) is 10.1 Å². The van der Waals surface area contributed by atoms with Gasteiger partial charge in [-0.1, -0.05) is 17.7 Å². The number of carbonyl (C=O) groups excluding carboxylic acids is 1. The first-order valence-corrected chi connectivity index (χ1v) is 8.43. The molecule has 0 bridgehead atoms. The standard InChI is InChI=1S/C18H24ClN3O2/c1-13-10-16(19)14(2)9-15(13)11-17(23)21(3)18(12-20)5-7-22(24-4)8-6-18/h9-10H,5-8,11H2,1-4H3. The molecule has 0 spiro atoms. The molecule has 5 nitrogen and oxygen atoms in total. The number of nitriles is 1. The number of aryl methyl sites for hydroxylation is 2. The van der Waals surface area contributed by atoms with E-state index >= 15 is 0 Å². The Balaban J connectivity index is 2.14. The highest BCUT2D eigenvalue weighted by atomic mass is 35.5. The second-order valence-electron chi connectivity index (χ2n) is 6.41. The van der Waals surface area contributed by atoms with Gasteiger partial charge in [0.2, 0.25) is 5.91 Å². The third-order valence-corrected chi connectivity index (χ3v) is 5.40. The molecule has 6 heteroatoms. The predicted molar refractivity (Wildman–Crippen MR) is 93.6 cm³/mol. The molecule has 1 heterocycles. The van der Waals surface area contributed by atoms with Crippen molar-refractivity contribution >= 4 is 17.5 Å². The third kappa shape index (κ3) is 3.72. The van der Waals surface area contributed by atoms with Crippen LogP contribution in [-0.2, 0) is 16.1 Å². The van der Waals surface area contributed by atoms with Crippen LogP contribution in [0.4, 0.5) is 0 Å². The van der Waals surface area contributed by atoms with E-state index in [1.54, 1.807) is 19.1 Å². The van der Waals surface area contributed by atoms with Crippen LogP contribution in [0, 0.1) is 25.2 Å². The van der Waals surface area contributed by atoms with E-state index in [-0.39, 0.29) is 12.3 Å². The monoisotopic (exact) mass is 349 g/mol. The summed E-state index contributed by atoms with van der Waals surface area (Å²) in [6.07, 6.45) is 1.44. The Labute approximate surface area is 148 Å². The molecule has 1 aromatic carbocycles. The number of hydrogen-bond donors (Lipinski definition) is 0. The second-order valence-corrected chi connectivity index (χ2v) is 6.82. The summed E-state index contributed by atoms with van der Waals surface area (Å²) in [5.41, 5.74) is 2.14. The fourth-order valence-electron chi connectivity index (χ4n) is 3.11. The van der Waals surface area contributed by atoms with Crippen molar-refractivity contribution in [3.63, 3.8) is 0 Å². The summed E-state index contributed by atoms with van der Waals surface area (Å²) in [6, 6.07) is 6.21. The molecule has 1 aliphatic rings. The maximum absolute atomic E-state index is 12.8. The van der Waals surface area contributed by atoms with E-state index in [0.717, 1.165) is 16.7 Å². The molecule has 0 aliphatic carbocycles. The Bertz CT molecular complexity index is 661. The molecule has 1 amide bonds. The molecule has 0 radical (unpaired) electrons. The van der Waals surface area contributed by atoms with Crippen molar-refractivity contribution in [2.24, 2.45) is 0 Å². The van der Waals surface area contributed by atoms with Gasteiger partial charge in [-0.05, 0) is 49.4 Å². The van der Waals surface area contributed by atoms with Gasteiger partial charge in [-0.3, -0.25) is 4.79 Å². The van der Waals surface area contributed by atoms with Crippen LogP contribution in [0.1, 0.15) is 29.5 Å². The van der Waals surface area contributed by atoms with E-state index < -0.39 is 5.54 Å². The van der Waals surface area contributed by atoms with Gasteiger partial charge in [-0.15, -0.1) is 0 Å². The van der Waals surface area contributed by atoms with E-state index in [1.807, 2.05) is 31.0 Å².